The first-order valence-electron chi connectivity index (χ1n) is 10.0. The molecule has 0 radical (unpaired) electrons. The number of sulfonamides is 1. The van der Waals surface area contributed by atoms with Crippen LogP contribution in [0.4, 0.5) is 4.39 Å². The lowest BCUT2D eigenvalue weighted by atomic mass is 10.0. The van der Waals surface area contributed by atoms with Crippen molar-refractivity contribution in [2.75, 3.05) is 6.54 Å². The van der Waals surface area contributed by atoms with Gasteiger partial charge in [-0.1, -0.05) is 44.2 Å². The third-order valence-corrected chi connectivity index (χ3v) is 8.50. The second-order valence-corrected chi connectivity index (χ2v) is 11.7. The number of aromatic nitrogens is 1. The lowest BCUT2D eigenvalue weighted by molar-refractivity contribution is 0.568. The second kappa shape index (κ2) is 9.89. The summed E-state index contributed by atoms with van der Waals surface area (Å²) in [5, 5.41) is -1.16. The van der Waals surface area contributed by atoms with Crippen molar-refractivity contribution in [2.24, 2.45) is 0 Å². The Morgan fingerprint density at radius 1 is 0.906 bits per heavy atom. The van der Waals surface area contributed by atoms with E-state index in [0.717, 1.165) is 5.56 Å². The summed E-state index contributed by atoms with van der Waals surface area (Å²) in [7, 11) is -7.78. The van der Waals surface area contributed by atoms with Crippen molar-refractivity contribution < 1.29 is 21.2 Å². The van der Waals surface area contributed by atoms with Crippen LogP contribution in [0.3, 0.4) is 0 Å². The van der Waals surface area contributed by atoms with Gasteiger partial charge < -0.3 is 0 Å². The van der Waals surface area contributed by atoms with Crippen LogP contribution in [-0.4, -0.2) is 28.4 Å². The van der Waals surface area contributed by atoms with Crippen LogP contribution >= 0.6 is 0 Å². The van der Waals surface area contributed by atoms with E-state index in [1.807, 2.05) is 13.8 Å². The van der Waals surface area contributed by atoms with Crippen molar-refractivity contribution in [2.45, 2.75) is 35.7 Å². The molecule has 0 saturated carbocycles. The van der Waals surface area contributed by atoms with Gasteiger partial charge in [-0.15, -0.1) is 0 Å². The van der Waals surface area contributed by atoms with E-state index >= 15 is 0 Å². The number of hydrogen-bond acceptors (Lipinski definition) is 5. The highest BCUT2D eigenvalue weighted by atomic mass is 32.2. The molecule has 9 heteroatoms. The Morgan fingerprint density at radius 2 is 1.56 bits per heavy atom. The van der Waals surface area contributed by atoms with Gasteiger partial charge in [0.25, 0.3) is 0 Å². The Hall–Kier alpha value is -2.62. The first-order chi connectivity index (χ1) is 15.1. The molecule has 0 amide bonds. The highest BCUT2D eigenvalue weighted by Crippen LogP contribution is 2.29. The third kappa shape index (κ3) is 5.99. The summed E-state index contributed by atoms with van der Waals surface area (Å²) < 4.78 is 67.5. The second-order valence-electron chi connectivity index (χ2n) is 7.78. The van der Waals surface area contributed by atoms with Crippen molar-refractivity contribution in [1.29, 1.82) is 0 Å². The zero-order chi connectivity index (χ0) is 23.4. The van der Waals surface area contributed by atoms with Crippen molar-refractivity contribution in [3.63, 3.8) is 0 Å². The minimum atomic E-state index is -3.91. The van der Waals surface area contributed by atoms with Gasteiger partial charge in [0.2, 0.25) is 10.0 Å². The molecule has 170 valence electrons. The molecule has 6 nitrogen and oxygen atoms in total. The maximum atomic E-state index is 13.4. The van der Waals surface area contributed by atoms with Crippen LogP contribution in [0.15, 0.2) is 78.0 Å². The van der Waals surface area contributed by atoms with Crippen LogP contribution in [-0.2, 0) is 25.6 Å². The molecule has 0 aliphatic carbocycles. The molecule has 3 aromatic rings. The van der Waals surface area contributed by atoms with Crippen LogP contribution in [0.1, 0.15) is 41.7 Å². The van der Waals surface area contributed by atoms with Crippen LogP contribution in [0.5, 0.6) is 0 Å². The summed E-state index contributed by atoms with van der Waals surface area (Å²) in [6, 6.07) is 14.9. The van der Waals surface area contributed by atoms with E-state index in [2.05, 4.69) is 9.71 Å². The van der Waals surface area contributed by atoms with Crippen LogP contribution < -0.4 is 4.72 Å². The predicted molar refractivity (Wildman–Crippen MR) is 122 cm³/mol. The average molecular weight is 477 g/mol. The minimum Gasteiger partial charge on any atom is -0.264 e. The fraction of sp³-hybridized carbons (Fsp3) is 0.261. The first-order valence-corrected chi connectivity index (χ1v) is 13.2. The quantitative estimate of drug-likeness (QED) is 0.504. The molecule has 2 aromatic carbocycles. The number of nitrogens with zero attached hydrogens (tertiary/aromatic N) is 1. The number of halogens is 1. The molecule has 0 aliphatic rings. The highest BCUT2D eigenvalue weighted by Gasteiger charge is 2.31. The molecule has 1 atom stereocenters. The topological polar surface area (TPSA) is 93.2 Å². The maximum Gasteiger partial charge on any atom is 0.215 e. The van der Waals surface area contributed by atoms with E-state index < -0.39 is 36.7 Å². The summed E-state index contributed by atoms with van der Waals surface area (Å²) in [5.41, 5.74) is 1.77. The number of hydrogen-bond donors (Lipinski definition) is 1. The van der Waals surface area contributed by atoms with Crippen molar-refractivity contribution >= 4 is 19.9 Å². The molecule has 1 N–H and O–H groups in total. The number of sulfone groups is 1. The fourth-order valence-electron chi connectivity index (χ4n) is 3.23. The van der Waals surface area contributed by atoms with Crippen molar-refractivity contribution in [3.05, 3.63) is 95.6 Å². The van der Waals surface area contributed by atoms with E-state index in [4.69, 9.17) is 0 Å². The normalized spacial score (nSPS) is 13.2. The largest absolute Gasteiger partial charge is 0.264 e. The minimum absolute atomic E-state index is 0.105. The van der Waals surface area contributed by atoms with Gasteiger partial charge in [0, 0.05) is 18.9 Å². The zero-order valence-corrected chi connectivity index (χ0v) is 19.4. The Bertz CT molecular complexity index is 1240. The molecule has 1 aromatic heterocycles. The molecule has 0 aliphatic heterocycles. The number of nitrogens with one attached hydrogen (secondary N) is 1. The van der Waals surface area contributed by atoms with Gasteiger partial charge in [-0.25, -0.2) is 25.9 Å². The summed E-state index contributed by atoms with van der Waals surface area (Å²) in [6.07, 6.45) is 2.93. The summed E-state index contributed by atoms with van der Waals surface area (Å²) in [6.45, 7) is 3.67. The number of pyridine rings is 1. The molecule has 0 bridgehead atoms. The Balaban J connectivity index is 1.87. The monoisotopic (exact) mass is 476 g/mol. The van der Waals surface area contributed by atoms with Gasteiger partial charge in [-0.05, 0) is 52.9 Å². The zero-order valence-electron chi connectivity index (χ0n) is 17.8. The van der Waals surface area contributed by atoms with E-state index in [1.54, 1.807) is 36.4 Å². The molecular formula is C23H25FN2O4S2. The highest BCUT2D eigenvalue weighted by molar-refractivity contribution is 7.92. The Labute approximate surface area is 188 Å². The van der Waals surface area contributed by atoms with Gasteiger partial charge >= 0.3 is 0 Å². The predicted octanol–water partition coefficient (Wildman–Crippen LogP) is 3.98. The molecular weight excluding hydrogens is 451 g/mol. The van der Waals surface area contributed by atoms with Crippen LogP contribution in [0.2, 0.25) is 0 Å². The lowest BCUT2D eigenvalue weighted by Gasteiger charge is -2.19. The Morgan fingerprint density at radius 3 is 2.12 bits per heavy atom. The summed E-state index contributed by atoms with van der Waals surface area (Å²) >= 11 is 0. The molecule has 3 rings (SSSR count). The van der Waals surface area contributed by atoms with Crippen molar-refractivity contribution in [3.8, 4) is 0 Å². The van der Waals surface area contributed by atoms with Crippen molar-refractivity contribution in [1.82, 2.24) is 9.71 Å². The average Bonchev–Trinajstić information content (AvgIpc) is 2.76. The van der Waals surface area contributed by atoms with E-state index in [-0.39, 0.29) is 17.4 Å². The number of benzene rings is 2. The summed E-state index contributed by atoms with van der Waals surface area (Å²) in [5.74, 6) is -0.611. The molecule has 1 heterocycles. The first kappa shape index (κ1) is 24.0. The van der Waals surface area contributed by atoms with Crippen LogP contribution in [0.25, 0.3) is 0 Å². The molecule has 0 saturated heterocycles. The maximum absolute atomic E-state index is 13.4. The van der Waals surface area contributed by atoms with Gasteiger partial charge in [0.05, 0.1) is 10.6 Å². The van der Waals surface area contributed by atoms with Gasteiger partial charge in [-0.2, -0.15) is 0 Å². The smallest absolute Gasteiger partial charge is 0.215 e. The Kier molecular flexibility index (Phi) is 7.43. The lowest BCUT2D eigenvalue weighted by Crippen LogP contribution is -2.32. The SMILES string of the molecule is CC(C)c1ccc(S(=O)(=O)[C@H](CNS(=O)(=O)Cc2ccc(F)cc2)c2cccnc2)cc1. The van der Waals surface area contributed by atoms with Gasteiger partial charge in [0.1, 0.15) is 11.1 Å². The standard InChI is InChI=1S/C23H25FN2O4S2/c1-17(2)19-7-11-22(12-8-19)32(29,30)23(20-4-3-13-25-14-20)15-26-31(27,28)16-18-5-9-21(24)10-6-18/h3-14,17,23,26H,15-16H2,1-2H3/t23-/m1/s1. The van der Waals surface area contributed by atoms with Crippen LogP contribution in [0, 0.1) is 5.82 Å². The molecule has 32 heavy (non-hydrogen) atoms. The number of rotatable bonds is 9. The third-order valence-electron chi connectivity index (χ3n) is 5.06. The van der Waals surface area contributed by atoms with Gasteiger partial charge in [0.15, 0.2) is 9.84 Å². The van der Waals surface area contributed by atoms with Gasteiger partial charge in [-0.3, -0.25) is 4.98 Å². The van der Waals surface area contributed by atoms with E-state index in [1.165, 1.54) is 36.7 Å². The van der Waals surface area contributed by atoms with E-state index in [9.17, 15) is 21.2 Å². The molecule has 0 spiro atoms. The van der Waals surface area contributed by atoms with E-state index in [0.29, 0.717) is 11.1 Å². The summed E-state index contributed by atoms with van der Waals surface area (Å²) in [4.78, 5) is 4.10. The fourth-order valence-corrected chi connectivity index (χ4v) is 6.14. The molecule has 0 unspecified atom stereocenters. The molecule has 0 fully saturated rings.